The summed E-state index contributed by atoms with van der Waals surface area (Å²) in [4.78, 5) is 11.6. The normalized spacial score (nSPS) is 25.1. The largest absolute Gasteiger partial charge is 0.378 e. The first-order valence-electron chi connectivity index (χ1n) is 7.94. The molecule has 0 saturated heterocycles. The number of carbonyl (C=O) groups excluding carboxylic acids is 1. The Morgan fingerprint density at radius 2 is 2.00 bits per heavy atom. The molecule has 2 atom stereocenters. The van der Waals surface area contributed by atoms with E-state index in [0.29, 0.717) is 24.9 Å². The molecule has 1 saturated carbocycles. The second kappa shape index (κ2) is 9.94. The highest BCUT2D eigenvalue weighted by molar-refractivity contribution is 5.73. The Morgan fingerprint density at radius 1 is 1.33 bits per heavy atom. The van der Waals surface area contributed by atoms with Crippen LogP contribution in [0.2, 0.25) is 0 Å². The van der Waals surface area contributed by atoms with E-state index < -0.39 is 6.23 Å². The summed E-state index contributed by atoms with van der Waals surface area (Å²) in [5.41, 5.74) is 11.2. The zero-order valence-electron chi connectivity index (χ0n) is 13.2. The first kappa shape index (κ1) is 18.2. The van der Waals surface area contributed by atoms with Crippen molar-refractivity contribution < 1.29 is 9.90 Å². The minimum atomic E-state index is -0.408. The molecule has 21 heavy (non-hydrogen) atoms. The van der Waals surface area contributed by atoms with Crippen LogP contribution in [0.3, 0.4) is 0 Å². The minimum Gasteiger partial charge on any atom is -0.378 e. The maximum Gasteiger partial charge on any atom is 0.329 e. The predicted octanol–water partition coefficient (Wildman–Crippen LogP) is -0.128. The van der Waals surface area contributed by atoms with Crippen LogP contribution in [0.4, 0.5) is 4.79 Å². The van der Waals surface area contributed by atoms with E-state index >= 15 is 0 Å². The number of nitrogens with two attached hydrogens (primary N) is 1. The molecule has 0 spiro atoms. The second-order valence-electron chi connectivity index (χ2n) is 5.90. The topological polar surface area (TPSA) is 111 Å². The first-order valence-corrected chi connectivity index (χ1v) is 7.94. The number of nitrogens with one attached hydrogen (secondary N) is 4. The lowest BCUT2D eigenvalue weighted by Gasteiger charge is -2.31. The molecule has 1 aliphatic carbocycles. The van der Waals surface area contributed by atoms with E-state index in [2.05, 4.69) is 21.5 Å². The predicted molar refractivity (Wildman–Crippen MR) is 83.3 cm³/mol. The van der Waals surface area contributed by atoms with E-state index in [1.807, 2.05) is 6.92 Å². The average Bonchev–Trinajstić information content (AvgIpc) is 2.52. The third kappa shape index (κ3) is 7.08. The molecule has 7 N–H and O–H groups in total. The molecule has 124 valence electrons. The lowest BCUT2D eigenvalue weighted by Crippen LogP contribution is -2.49. The molecule has 0 heterocycles. The molecule has 0 radical (unpaired) electrons. The van der Waals surface area contributed by atoms with Gasteiger partial charge < -0.3 is 16.2 Å². The zero-order chi connectivity index (χ0) is 15.7. The van der Waals surface area contributed by atoms with Crippen molar-refractivity contribution in [1.29, 1.82) is 0 Å². The fourth-order valence-corrected chi connectivity index (χ4v) is 2.63. The van der Waals surface area contributed by atoms with Crippen LogP contribution in [0.15, 0.2) is 0 Å². The summed E-state index contributed by atoms with van der Waals surface area (Å²) < 4.78 is 0. The number of hydrogen-bond acceptors (Lipinski definition) is 5. The number of hydrogen-bond donors (Lipinski definition) is 6. The van der Waals surface area contributed by atoms with Gasteiger partial charge in [0.05, 0.1) is 0 Å². The summed E-state index contributed by atoms with van der Waals surface area (Å²) in [5.74, 6) is 0.825. The second-order valence-corrected chi connectivity index (χ2v) is 5.90. The van der Waals surface area contributed by atoms with Gasteiger partial charge in [0, 0.05) is 19.1 Å². The Morgan fingerprint density at radius 3 is 2.57 bits per heavy atom. The van der Waals surface area contributed by atoms with Gasteiger partial charge >= 0.3 is 6.03 Å². The van der Waals surface area contributed by atoms with Gasteiger partial charge in [0.15, 0.2) is 0 Å². The van der Waals surface area contributed by atoms with Crippen LogP contribution in [0.1, 0.15) is 39.0 Å². The van der Waals surface area contributed by atoms with E-state index in [-0.39, 0.29) is 12.1 Å². The molecule has 1 rings (SSSR count). The van der Waals surface area contributed by atoms with Gasteiger partial charge in [-0.05, 0) is 51.0 Å². The molecular formula is C14H31N5O2. The number of urea groups is 1. The van der Waals surface area contributed by atoms with E-state index in [9.17, 15) is 9.90 Å². The maximum atomic E-state index is 11.6. The average molecular weight is 301 g/mol. The Hall–Kier alpha value is -0.890. The number of amides is 2. The summed E-state index contributed by atoms with van der Waals surface area (Å²) in [5, 5.41) is 15.5. The fourth-order valence-electron chi connectivity index (χ4n) is 2.63. The Bertz CT molecular complexity index is 295. The standard InChI is InChI=1S/C14H31N5O2/c1-3-12(15)9-18-19-14(21)17-8-10-4-6-11(7-5-10)13(20)16-2/h10-13,16,18,20H,3-9,15H2,1-2H3,(H2,17,19,21)/t10?,11?,12-,13?/m0/s1. The minimum absolute atomic E-state index is 0.0548. The molecule has 2 amide bonds. The van der Waals surface area contributed by atoms with E-state index in [1.54, 1.807) is 7.05 Å². The molecule has 7 heteroatoms. The highest BCUT2D eigenvalue weighted by Crippen LogP contribution is 2.29. The van der Waals surface area contributed by atoms with E-state index in [4.69, 9.17) is 5.73 Å². The van der Waals surface area contributed by atoms with Crippen molar-refractivity contribution in [3.05, 3.63) is 0 Å². The van der Waals surface area contributed by atoms with Gasteiger partial charge in [0.2, 0.25) is 0 Å². The summed E-state index contributed by atoms with van der Waals surface area (Å²) in [7, 11) is 1.78. The molecule has 0 aromatic carbocycles. The Labute approximate surface area is 127 Å². The summed E-state index contributed by atoms with van der Waals surface area (Å²) in [6.07, 6.45) is 4.54. The van der Waals surface area contributed by atoms with E-state index in [1.165, 1.54) is 0 Å². The SMILES string of the molecule is CC[C@H](N)CNNC(=O)NCC1CCC(C(O)NC)CC1. The lowest BCUT2D eigenvalue weighted by molar-refractivity contribution is 0.0530. The smallest absolute Gasteiger partial charge is 0.329 e. The van der Waals surface area contributed by atoms with Crippen LogP contribution in [-0.4, -0.2) is 43.5 Å². The van der Waals surface area contributed by atoms with Gasteiger partial charge in [-0.2, -0.15) is 0 Å². The molecule has 0 aromatic heterocycles. The molecule has 0 aromatic rings. The first-order chi connectivity index (χ1) is 10.1. The summed E-state index contributed by atoms with van der Waals surface area (Å²) in [6, 6.07) is -0.158. The van der Waals surface area contributed by atoms with Crippen molar-refractivity contribution >= 4 is 6.03 Å². The summed E-state index contributed by atoms with van der Waals surface area (Å²) in [6.45, 7) is 3.25. The number of rotatable bonds is 8. The van der Waals surface area contributed by atoms with Crippen LogP contribution in [-0.2, 0) is 0 Å². The van der Waals surface area contributed by atoms with Gasteiger partial charge in [-0.3, -0.25) is 10.7 Å². The van der Waals surface area contributed by atoms with Crippen LogP contribution in [0.25, 0.3) is 0 Å². The van der Waals surface area contributed by atoms with Crippen molar-refractivity contribution in [1.82, 2.24) is 21.5 Å². The molecule has 1 aliphatic rings. The molecular weight excluding hydrogens is 270 g/mol. The molecule has 1 unspecified atom stereocenters. The van der Waals surface area contributed by atoms with Crippen molar-refractivity contribution in [2.45, 2.75) is 51.3 Å². The van der Waals surface area contributed by atoms with Gasteiger partial charge in [-0.15, -0.1) is 0 Å². The van der Waals surface area contributed by atoms with Crippen LogP contribution >= 0.6 is 0 Å². The fraction of sp³-hybridized carbons (Fsp3) is 0.929. The van der Waals surface area contributed by atoms with Crippen molar-refractivity contribution in [2.24, 2.45) is 17.6 Å². The van der Waals surface area contributed by atoms with Crippen molar-refractivity contribution in [3.63, 3.8) is 0 Å². The van der Waals surface area contributed by atoms with Gasteiger partial charge in [0.1, 0.15) is 6.23 Å². The number of aliphatic hydroxyl groups excluding tert-OH is 1. The third-order valence-electron chi connectivity index (χ3n) is 4.28. The van der Waals surface area contributed by atoms with Gasteiger partial charge in [0.25, 0.3) is 0 Å². The van der Waals surface area contributed by atoms with Gasteiger partial charge in [-0.25, -0.2) is 10.2 Å². The molecule has 0 aliphatic heterocycles. The van der Waals surface area contributed by atoms with Crippen LogP contribution in [0.5, 0.6) is 0 Å². The monoisotopic (exact) mass is 301 g/mol. The highest BCUT2D eigenvalue weighted by Gasteiger charge is 2.25. The molecule has 1 fully saturated rings. The third-order valence-corrected chi connectivity index (χ3v) is 4.28. The summed E-state index contributed by atoms with van der Waals surface area (Å²) >= 11 is 0. The maximum absolute atomic E-state index is 11.6. The molecule has 0 bridgehead atoms. The quantitative estimate of drug-likeness (QED) is 0.276. The van der Waals surface area contributed by atoms with Crippen LogP contribution < -0.4 is 27.2 Å². The zero-order valence-corrected chi connectivity index (χ0v) is 13.2. The highest BCUT2D eigenvalue weighted by atomic mass is 16.3. The van der Waals surface area contributed by atoms with Crippen molar-refractivity contribution in [2.75, 3.05) is 20.1 Å². The van der Waals surface area contributed by atoms with Crippen molar-refractivity contribution in [3.8, 4) is 0 Å². The Kier molecular flexibility index (Phi) is 8.60. The Balaban J connectivity index is 2.09. The molecule has 7 nitrogen and oxygen atoms in total. The number of carbonyl (C=O) groups is 1. The lowest BCUT2D eigenvalue weighted by atomic mass is 9.81. The van der Waals surface area contributed by atoms with E-state index in [0.717, 1.165) is 32.1 Å². The number of hydrazine groups is 1. The van der Waals surface area contributed by atoms with Crippen LogP contribution in [0, 0.1) is 11.8 Å². The van der Waals surface area contributed by atoms with Gasteiger partial charge in [-0.1, -0.05) is 6.92 Å². The number of aliphatic hydroxyl groups is 1.